The molecule has 1 aliphatic heterocycles. The molecule has 3 rings (SSSR count). The van der Waals surface area contributed by atoms with Crippen LogP contribution in [0.2, 0.25) is 0 Å². The molecule has 0 aliphatic carbocycles. The Balaban J connectivity index is 1.68. The number of carbonyl (C=O) groups excluding carboxylic acids is 1. The molecule has 22 heavy (non-hydrogen) atoms. The Kier molecular flexibility index (Phi) is 3.37. The number of nitrogens with zero attached hydrogens (tertiary/aromatic N) is 3. The van der Waals surface area contributed by atoms with E-state index >= 15 is 0 Å². The predicted octanol–water partition coefficient (Wildman–Crippen LogP) is 0.987. The molecule has 0 fully saturated rings. The number of aromatic nitrogens is 2. The van der Waals surface area contributed by atoms with Crippen molar-refractivity contribution in [3.8, 4) is 11.5 Å². The van der Waals surface area contributed by atoms with Gasteiger partial charge in [-0.3, -0.25) is 4.79 Å². The van der Waals surface area contributed by atoms with Crippen LogP contribution in [0.5, 0.6) is 11.5 Å². The maximum absolute atomic E-state index is 12.1. The fraction of sp³-hybridized carbons (Fsp3) is 0.231. The van der Waals surface area contributed by atoms with Crippen molar-refractivity contribution in [2.24, 2.45) is 7.05 Å². The standard InChI is InChI=1S/C13H12N4O5/c1-16-9(5-12(15-16)17(19)20)13(18)14-6-8-2-3-10-11(4-8)22-7-21-10/h2-5H,6-7H2,1H3,(H,14,18). The van der Waals surface area contributed by atoms with Crippen LogP contribution in [-0.4, -0.2) is 27.4 Å². The van der Waals surface area contributed by atoms with Crippen LogP contribution in [0.4, 0.5) is 5.82 Å². The van der Waals surface area contributed by atoms with E-state index in [4.69, 9.17) is 9.47 Å². The highest BCUT2D eigenvalue weighted by atomic mass is 16.7. The van der Waals surface area contributed by atoms with Crippen LogP contribution in [0.25, 0.3) is 0 Å². The van der Waals surface area contributed by atoms with Gasteiger partial charge in [-0.2, -0.15) is 4.68 Å². The van der Waals surface area contributed by atoms with Gasteiger partial charge < -0.3 is 24.9 Å². The zero-order valence-corrected chi connectivity index (χ0v) is 11.6. The largest absolute Gasteiger partial charge is 0.454 e. The lowest BCUT2D eigenvalue weighted by atomic mass is 10.2. The third-order valence-corrected chi connectivity index (χ3v) is 3.18. The normalized spacial score (nSPS) is 12.2. The summed E-state index contributed by atoms with van der Waals surface area (Å²) >= 11 is 0. The molecule has 0 saturated heterocycles. The molecule has 0 spiro atoms. The van der Waals surface area contributed by atoms with Gasteiger partial charge in [-0.15, -0.1) is 0 Å². The van der Waals surface area contributed by atoms with E-state index in [0.717, 1.165) is 11.6 Å². The quantitative estimate of drug-likeness (QED) is 0.666. The molecule has 1 aliphatic rings. The molecule has 9 nitrogen and oxygen atoms in total. The summed E-state index contributed by atoms with van der Waals surface area (Å²) in [4.78, 5) is 22.1. The van der Waals surface area contributed by atoms with Crippen molar-refractivity contribution >= 4 is 11.7 Å². The molecule has 0 bridgehead atoms. The van der Waals surface area contributed by atoms with E-state index in [9.17, 15) is 14.9 Å². The first-order valence-corrected chi connectivity index (χ1v) is 6.40. The summed E-state index contributed by atoms with van der Waals surface area (Å²) in [5, 5.41) is 17.0. The lowest BCUT2D eigenvalue weighted by Crippen LogP contribution is -2.25. The average Bonchev–Trinajstić information content (AvgIpc) is 3.10. The fourth-order valence-corrected chi connectivity index (χ4v) is 2.08. The summed E-state index contributed by atoms with van der Waals surface area (Å²) in [7, 11) is 1.47. The second-order valence-electron chi connectivity index (χ2n) is 4.64. The number of hydrogen-bond donors (Lipinski definition) is 1. The summed E-state index contributed by atoms with van der Waals surface area (Å²) < 4.78 is 11.6. The van der Waals surface area contributed by atoms with Gasteiger partial charge in [0.05, 0.1) is 18.2 Å². The molecule has 0 saturated carbocycles. The van der Waals surface area contributed by atoms with Crippen LogP contribution in [0.3, 0.4) is 0 Å². The number of nitrogens with one attached hydrogen (secondary N) is 1. The van der Waals surface area contributed by atoms with Crippen LogP contribution >= 0.6 is 0 Å². The Morgan fingerprint density at radius 2 is 2.18 bits per heavy atom. The number of benzene rings is 1. The van der Waals surface area contributed by atoms with Crippen LogP contribution in [0, 0.1) is 10.1 Å². The van der Waals surface area contributed by atoms with Gasteiger partial charge in [0.15, 0.2) is 17.2 Å². The topological polar surface area (TPSA) is 109 Å². The summed E-state index contributed by atoms with van der Waals surface area (Å²) in [6.07, 6.45) is 0. The summed E-state index contributed by atoms with van der Waals surface area (Å²) in [6, 6.07) is 6.47. The zero-order chi connectivity index (χ0) is 15.7. The molecule has 114 valence electrons. The van der Waals surface area contributed by atoms with Crippen molar-refractivity contribution in [1.29, 1.82) is 0 Å². The number of rotatable bonds is 4. The van der Waals surface area contributed by atoms with E-state index in [0.29, 0.717) is 11.5 Å². The SMILES string of the molecule is Cn1nc([N+](=O)[O-])cc1C(=O)NCc1ccc2c(c1)OCO2. The molecule has 2 heterocycles. The minimum atomic E-state index is -0.644. The molecule has 2 aromatic rings. The second kappa shape index (κ2) is 5.35. The van der Waals surface area contributed by atoms with Crippen LogP contribution < -0.4 is 14.8 Å². The van der Waals surface area contributed by atoms with Gasteiger partial charge in [-0.05, 0) is 22.6 Å². The Labute approximate surface area is 124 Å². The molecule has 1 N–H and O–H groups in total. The summed E-state index contributed by atoms with van der Waals surface area (Å²) in [6.45, 7) is 0.443. The first kappa shape index (κ1) is 13.9. The van der Waals surface area contributed by atoms with Crippen molar-refractivity contribution in [3.63, 3.8) is 0 Å². The maximum Gasteiger partial charge on any atom is 0.390 e. The average molecular weight is 304 g/mol. The van der Waals surface area contributed by atoms with Crippen molar-refractivity contribution < 1.29 is 19.2 Å². The molecule has 1 aromatic heterocycles. The minimum absolute atomic E-state index is 0.118. The Hall–Kier alpha value is -3.10. The van der Waals surface area contributed by atoms with Gasteiger partial charge in [0.25, 0.3) is 5.91 Å². The van der Waals surface area contributed by atoms with E-state index in [1.807, 2.05) is 0 Å². The van der Waals surface area contributed by atoms with Crippen LogP contribution in [0.1, 0.15) is 16.1 Å². The van der Waals surface area contributed by atoms with Crippen molar-refractivity contribution in [2.45, 2.75) is 6.54 Å². The van der Waals surface area contributed by atoms with Gasteiger partial charge in [-0.1, -0.05) is 6.07 Å². The Morgan fingerprint density at radius 3 is 2.91 bits per heavy atom. The zero-order valence-electron chi connectivity index (χ0n) is 11.6. The van der Waals surface area contributed by atoms with Crippen molar-refractivity contribution in [2.75, 3.05) is 6.79 Å². The number of amides is 1. The summed E-state index contributed by atoms with van der Waals surface area (Å²) in [5.41, 5.74) is 0.946. The smallest absolute Gasteiger partial charge is 0.390 e. The van der Waals surface area contributed by atoms with Gasteiger partial charge in [0, 0.05) is 6.54 Å². The molecule has 1 aromatic carbocycles. The lowest BCUT2D eigenvalue weighted by molar-refractivity contribution is -0.389. The van der Waals surface area contributed by atoms with Gasteiger partial charge in [0.1, 0.15) is 0 Å². The number of fused-ring (bicyclic) bond motifs is 1. The van der Waals surface area contributed by atoms with E-state index < -0.39 is 10.8 Å². The van der Waals surface area contributed by atoms with E-state index in [-0.39, 0.29) is 24.8 Å². The van der Waals surface area contributed by atoms with Crippen LogP contribution in [-0.2, 0) is 13.6 Å². The fourth-order valence-electron chi connectivity index (χ4n) is 2.08. The monoisotopic (exact) mass is 304 g/mol. The molecular weight excluding hydrogens is 292 g/mol. The third kappa shape index (κ3) is 2.55. The van der Waals surface area contributed by atoms with E-state index in [2.05, 4.69) is 10.4 Å². The molecule has 0 unspecified atom stereocenters. The number of ether oxygens (including phenoxy) is 2. The molecule has 1 amide bonds. The summed E-state index contributed by atoms with van der Waals surface area (Å²) in [5.74, 6) is 0.483. The van der Waals surface area contributed by atoms with Crippen molar-refractivity contribution in [3.05, 3.63) is 45.6 Å². The number of hydrogen-bond acceptors (Lipinski definition) is 6. The highest BCUT2D eigenvalue weighted by Gasteiger charge is 2.21. The highest BCUT2D eigenvalue weighted by Crippen LogP contribution is 2.32. The number of carbonyl (C=O) groups is 1. The van der Waals surface area contributed by atoms with E-state index in [1.54, 1.807) is 18.2 Å². The van der Waals surface area contributed by atoms with Crippen molar-refractivity contribution in [1.82, 2.24) is 15.1 Å². The maximum atomic E-state index is 12.1. The van der Waals surface area contributed by atoms with Gasteiger partial charge in [-0.25, -0.2) is 0 Å². The molecule has 9 heteroatoms. The van der Waals surface area contributed by atoms with Gasteiger partial charge >= 0.3 is 5.82 Å². The third-order valence-electron chi connectivity index (χ3n) is 3.18. The van der Waals surface area contributed by atoms with Gasteiger partial charge in [0.2, 0.25) is 6.79 Å². The molecular formula is C13H12N4O5. The predicted molar refractivity (Wildman–Crippen MR) is 73.6 cm³/mol. The molecule has 0 radical (unpaired) electrons. The lowest BCUT2D eigenvalue weighted by Gasteiger charge is -2.05. The number of aryl methyl sites for hydroxylation is 1. The Bertz CT molecular complexity index is 755. The van der Waals surface area contributed by atoms with E-state index in [1.165, 1.54) is 11.7 Å². The first-order chi connectivity index (χ1) is 10.5. The Morgan fingerprint density at radius 1 is 1.41 bits per heavy atom. The highest BCUT2D eigenvalue weighted by molar-refractivity contribution is 5.93. The van der Waals surface area contributed by atoms with Crippen LogP contribution in [0.15, 0.2) is 24.3 Å². The second-order valence-corrected chi connectivity index (χ2v) is 4.64. The molecule has 0 atom stereocenters. The number of nitro groups is 1. The first-order valence-electron chi connectivity index (χ1n) is 6.40. The minimum Gasteiger partial charge on any atom is -0.454 e.